The van der Waals surface area contributed by atoms with Crippen LogP contribution in [0.15, 0.2) is 36.5 Å². The summed E-state index contributed by atoms with van der Waals surface area (Å²) < 4.78 is 5.50. The molecule has 2 aromatic rings. The van der Waals surface area contributed by atoms with Gasteiger partial charge < -0.3 is 9.84 Å². The maximum Gasteiger partial charge on any atom is 0.311 e. The second-order valence-corrected chi connectivity index (χ2v) is 4.43. The van der Waals surface area contributed by atoms with Gasteiger partial charge in [-0.15, -0.1) is 0 Å². The van der Waals surface area contributed by atoms with Crippen molar-refractivity contribution in [1.29, 1.82) is 0 Å². The molecule has 1 aromatic carbocycles. The molecule has 6 nitrogen and oxygen atoms in total. The Hall–Kier alpha value is -2.47. The van der Waals surface area contributed by atoms with E-state index >= 15 is 0 Å². The number of benzene rings is 1. The molecule has 0 aliphatic rings. The Kier molecular flexibility index (Phi) is 3.95. The van der Waals surface area contributed by atoms with Gasteiger partial charge in [-0.3, -0.25) is 15.1 Å². The molecule has 1 atom stereocenters. The number of rotatable bonds is 4. The van der Waals surface area contributed by atoms with E-state index < -0.39 is 11.0 Å². The van der Waals surface area contributed by atoms with Gasteiger partial charge in [0.2, 0.25) is 5.75 Å². The van der Waals surface area contributed by atoms with Gasteiger partial charge >= 0.3 is 5.69 Å². The summed E-state index contributed by atoms with van der Waals surface area (Å²) in [5.41, 5.74) is 1.27. The Morgan fingerprint density at radius 3 is 2.65 bits per heavy atom. The summed E-state index contributed by atoms with van der Waals surface area (Å²) in [6.07, 6.45) is 0.756. The van der Waals surface area contributed by atoms with E-state index in [1.54, 1.807) is 31.2 Å². The highest BCUT2D eigenvalue weighted by Gasteiger charge is 2.16. The van der Waals surface area contributed by atoms with Crippen LogP contribution in [0.1, 0.15) is 24.3 Å². The van der Waals surface area contributed by atoms with Crippen molar-refractivity contribution >= 4 is 5.69 Å². The Bertz CT molecular complexity index is 624. The lowest BCUT2D eigenvalue weighted by Gasteiger charge is -2.08. The quantitative estimate of drug-likeness (QED) is 0.683. The number of pyridine rings is 1. The molecule has 1 unspecified atom stereocenters. The first-order chi connectivity index (χ1) is 9.47. The molecule has 0 aliphatic carbocycles. The molecular formula is C14H14N2O4. The van der Waals surface area contributed by atoms with E-state index in [1.165, 1.54) is 12.3 Å². The van der Waals surface area contributed by atoms with Gasteiger partial charge in [-0.2, -0.15) is 0 Å². The number of hydrogen-bond donors (Lipinski definition) is 1. The van der Waals surface area contributed by atoms with Gasteiger partial charge in [0.15, 0.2) is 0 Å². The number of aliphatic hydroxyl groups is 1. The molecule has 20 heavy (non-hydrogen) atoms. The number of nitrogens with zero attached hydrogens (tertiary/aromatic N) is 2. The van der Waals surface area contributed by atoms with E-state index in [2.05, 4.69) is 4.98 Å². The van der Waals surface area contributed by atoms with Crippen molar-refractivity contribution in [2.24, 2.45) is 0 Å². The van der Waals surface area contributed by atoms with Crippen LogP contribution < -0.4 is 4.74 Å². The van der Waals surface area contributed by atoms with Crippen LogP contribution in [0.5, 0.6) is 11.5 Å². The second-order valence-electron chi connectivity index (χ2n) is 4.43. The first-order valence-electron chi connectivity index (χ1n) is 6.04. The Labute approximate surface area is 115 Å². The topological polar surface area (TPSA) is 85.5 Å². The lowest BCUT2D eigenvalue weighted by atomic mass is 10.2. The van der Waals surface area contributed by atoms with Crippen molar-refractivity contribution in [2.75, 3.05) is 0 Å². The highest BCUT2D eigenvalue weighted by molar-refractivity contribution is 5.50. The van der Waals surface area contributed by atoms with Crippen molar-refractivity contribution in [2.45, 2.75) is 20.0 Å². The third-order valence-electron chi connectivity index (χ3n) is 2.73. The molecule has 0 aliphatic heterocycles. The highest BCUT2D eigenvalue weighted by atomic mass is 16.6. The fraction of sp³-hybridized carbons (Fsp3) is 0.214. The van der Waals surface area contributed by atoms with Gasteiger partial charge in [-0.05, 0) is 37.6 Å². The van der Waals surface area contributed by atoms with Crippen LogP contribution in [0, 0.1) is 17.0 Å². The molecule has 1 N–H and O–H groups in total. The van der Waals surface area contributed by atoms with Crippen LogP contribution in [0.25, 0.3) is 0 Å². The van der Waals surface area contributed by atoms with Crippen LogP contribution in [0.4, 0.5) is 5.69 Å². The van der Waals surface area contributed by atoms with Gasteiger partial charge in [0.05, 0.1) is 22.9 Å². The molecule has 0 saturated heterocycles. The number of nitro benzene ring substituents is 1. The molecule has 0 amide bonds. The minimum absolute atomic E-state index is 0.102. The van der Waals surface area contributed by atoms with Crippen LogP contribution >= 0.6 is 0 Å². The maximum absolute atomic E-state index is 10.9. The molecule has 104 valence electrons. The summed E-state index contributed by atoms with van der Waals surface area (Å²) in [6.45, 7) is 3.43. The fourth-order valence-corrected chi connectivity index (χ4v) is 1.68. The van der Waals surface area contributed by atoms with Gasteiger partial charge in [-0.1, -0.05) is 6.07 Å². The number of aryl methyl sites for hydroxylation is 1. The van der Waals surface area contributed by atoms with Crippen molar-refractivity contribution in [3.8, 4) is 11.5 Å². The predicted molar refractivity (Wildman–Crippen MR) is 72.8 cm³/mol. The smallest absolute Gasteiger partial charge is 0.311 e. The van der Waals surface area contributed by atoms with Crippen molar-refractivity contribution in [3.63, 3.8) is 0 Å². The molecular weight excluding hydrogens is 260 g/mol. The van der Waals surface area contributed by atoms with Gasteiger partial charge in [-0.25, -0.2) is 0 Å². The first kappa shape index (κ1) is 14.0. The second kappa shape index (κ2) is 5.66. The molecule has 6 heteroatoms. The summed E-state index contributed by atoms with van der Waals surface area (Å²) in [6, 6.07) is 7.88. The highest BCUT2D eigenvalue weighted by Crippen LogP contribution is 2.32. The average Bonchev–Trinajstić information content (AvgIpc) is 2.39. The lowest BCUT2D eigenvalue weighted by Crippen LogP contribution is -1.97. The molecule has 0 fully saturated rings. The molecule has 1 aromatic heterocycles. The number of ether oxygens (including phenoxy) is 1. The van der Waals surface area contributed by atoms with Crippen LogP contribution in [0.2, 0.25) is 0 Å². The summed E-state index contributed by atoms with van der Waals surface area (Å²) in [4.78, 5) is 14.5. The summed E-state index contributed by atoms with van der Waals surface area (Å²) in [5, 5.41) is 20.3. The zero-order chi connectivity index (χ0) is 14.7. The third kappa shape index (κ3) is 3.10. The van der Waals surface area contributed by atoms with E-state index in [0.717, 1.165) is 5.56 Å². The fourth-order valence-electron chi connectivity index (χ4n) is 1.68. The molecule has 2 rings (SSSR count). The zero-order valence-corrected chi connectivity index (χ0v) is 11.1. The summed E-state index contributed by atoms with van der Waals surface area (Å²) >= 11 is 0. The molecule has 1 heterocycles. The first-order valence-corrected chi connectivity index (χ1v) is 6.04. The zero-order valence-electron chi connectivity index (χ0n) is 11.1. The SMILES string of the molecule is Cc1ccc([N+](=O)[O-])c(Oc2ccc(C(C)O)nc2)c1. The molecule has 0 spiro atoms. The lowest BCUT2D eigenvalue weighted by molar-refractivity contribution is -0.385. The average molecular weight is 274 g/mol. The van der Waals surface area contributed by atoms with Gasteiger partial charge in [0.1, 0.15) is 5.75 Å². The van der Waals surface area contributed by atoms with Crippen LogP contribution in [-0.2, 0) is 0 Å². The van der Waals surface area contributed by atoms with E-state index in [0.29, 0.717) is 11.4 Å². The largest absolute Gasteiger partial charge is 0.448 e. The molecule has 0 radical (unpaired) electrons. The van der Waals surface area contributed by atoms with E-state index in [9.17, 15) is 15.2 Å². The summed E-state index contributed by atoms with van der Waals surface area (Å²) in [5.74, 6) is 0.546. The molecule has 0 bridgehead atoms. The van der Waals surface area contributed by atoms with Gasteiger partial charge in [0, 0.05) is 6.07 Å². The van der Waals surface area contributed by atoms with E-state index in [4.69, 9.17) is 4.74 Å². The molecule has 0 saturated carbocycles. The number of nitro groups is 1. The van der Waals surface area contributed by atoms with Crippen LogP contribution in [0.3, 0.4) is 0 Å². The number of hydrogen-bond acceptors (Lipinski definition) is 5. The minimum Gasteiger partial charge on any atom is -0.448 e. The maximum atomic E-state index is 10.9. The van der Waals surface area contributed by atoms with E-state index in [1.807, 2.05) is 6.92 Å². The van der Waals surface area contributed by atoms with E-state index in [-0.39, 0.29) is 11.4 Å². The van der Waals surface area contributed by atoms with Crippen LogP contribution in [-0.4, -0.2) is 15.0 Å². The Morgan fingerprint density at radius 2 is 2.10 bits per heavy atom. The normalized spacial score (nSPS) is 11.9. The Balaban J connectivity index is 2.29. The van der Waals surface area contributed by atoms with Crippen molar-refractivity contribution in [1.82, 2.24) is 4.98 Å². The summed E-state index contributed by atoms with van der Waals surface area (Å²) in [7, 11) is 0. The van der Waals surface area contributed by atoms with Crippen molar-refractivity contribution < 1.29 is 14.8 Å². The standard InChI is InChI=1S/C14H14N2O4/c1-9-3-6-13(16(18)19)14(7-9)20-11-4-5-12(10(2)17)15-8-11/h3-8,10,17H,1-2H3. The number of aromatic nitrogens is 1. The monoisotopic (exact) mass is 274 g/mol. The van der Waals surface area contributed by atoms with Gasteiger partial charge in [0.25, 0.3) is 0 Å². The predicted octanol–water partition coefficient (Wildman–Crippen LogP) is 3.14. The minimum atomic E-state index is -0.669. The number of aliphatic hydroxyl groups excluding tert-OH is 1. The third-order valence-corrected chi connectivity index (χ3v) is 2.73. The Morgan fingerprint density at radius 1 is 1.35 bits per heavy atom. The van der Waals surface area contributed by atoms with Crippen molar-refractivity contribution in [3.05, 3.63) is 57.9 Å².